The summed E-state index contributed by atoms with van der Waals surface area (Å²) in [6.07, 6.45) is 3.71. The standard InChI is InChI=1S/C10H24OSi/c1-6-9(3)12(8-11-5)10(4)7-2/h9-10,12H,6-8H2,1-5H3. The zero-order valence-electron chi connectivity index (χ0n) is 9.26. The van der Waals surface area contributed by atoms with E-state index in [-0.39, 0.29) is 0 Å². The third kappa shape index (κ3) is 3.72. The van der Waals surface area contributed by atoms with Gasteiger partial charge in [0.1, 0.15) is 0 Å². The average molecular weight is 188 g/mol. The molecule has 2 atom stereocenters. The Hall–Kier alpha value is 0.177. The van der Waals surface area contributed by atoms with E-state index in [1.807, 2.05) is 7.11 Å². The molecule has 0 aliphatic heterocycles. The minimum absolute atomic E-state index is 0.644. The second kappa shape index (κ2) is 6.67. The summed E-state index contributed by atoms with van der Waals surface area (Å²) in [6.45, 7) is 9.37. The fourth-order valence-corrected chi connectivity index (χ4v) is 5.06. The molecular weight excluding hydrogens is 164 g/mol. The highest BCUT2D eigenvalue weighted by atomic mass is 28.3. The van der Waals surface area contributed by atoms with E-state index in [0.29, 0.717) is 0 Å². The van der Waals surface area contributed by atoms with E-state index in [4.69, 9.17) is 4.74 Å². The summed E-state index contributed by atoms with van der Waals surface area (Å²) in [5.74, 6) is 0. The zero-order valence-corrected chi connectivity index (χ0v) is 10.4. The van der Waals surface area contributed by atoms with E-state index >= 15 is 0 Å². The summed E-state index contributed by atoms with van der Waals surface area (Å²) in [7, 11) is 1.19. The van der Waals surface area contributed by atoms with Gasteiger partial charge in [-0.3, -0.25) is 0 Å². The lowest BCUT2D eigenvalue weighted by Crippen LogP contribution is -2.29. The first kappa shape index (κ1) is 12.2. The van der Waals surface area contributed by atoms with Crippen LogP contribution in [0, 0.1) is 0 Å². The Kier molecular flexibility index (Phi) is 6.77. The largest absolute Gasteiger partial charge is 0.388 e. The van der Waals surface area contributed by atoms with Gasteiger partial charge in [0.25, 0.3) is 0 Å². The third-order valence-electron chi connectivity index (χ3n) is 3.11. The molecule has 0 spiro atoms. The molecule has 0 aromatic carbocycles. The second-order valence-corrected chi connectivity index (χ2v) is 7.83. The number of ether oxygens (including phenoxy) is 1. The maximum atomic E-state index is 5.31. The van der Waals surface area contributed by atoms with Crippen LogP contribution in [0.3, 0.4) is 0 Å². The molecule has 12 heavy (non-hydrogen) atoms. The Morgan fingerprint density at radius 1 is 1.08 bits per heavy atom. The first-order valence-corrected chi connectivity index (χ1v) is 7.31. The lowest BCUT2D eigenvalue weighted by atomic mass is 10.3. The molecule has 0 aromatic rings. The van der Waals surface area contributed by atoms with Gasteiger partial charge in [-0.25, -0.2) is 0 Å². The van der Waals surface area contributed by atoms with Crippen molar-refractivity contribution in [3.63, 3.8) is 0 Å². The zero-order chi connectivity index (χ0) is 9.56. The van der Waals surface area contributed by atoms with Crippen molar-refractivity contribution in [2.75, 3.05) is 13.3 Å². The first-order valence-electron chi connectivity index (χ1n) is 5.16. The van der Waals surface area contributed by atoms with Crippen molar-refractivity contribution in [1.82, 2.24) is 0 Å². The smallest absolute Gasteiger partial charge is 0.0733 e. The van der Waals surface area contributed by atoms with Crippen molar-refractivity contribution in [2.45, 2.75) is 51.6 Å². The summed E-state index contributed by atoms with van der Waals surface area (Å²) >= 11 is 0. The molecule has 0 bridgehead atoms. The van der Waals surface area contributed by atoms with Crippen LogP contribution in [0.1, 0.15) is 40.5 Å². The van der Waals surface area contributed by atoms with Gasteiger partial charge in [0, 0.05) is 13.3 Å². The van der Waals surface area contributed by atoms with Gasteiger partial charge in [-0.1, -0.05) is 40.5 Å². The molecule has 0 fully saturated rings. The summed E-state index contributed by atoms with van der Waals surface area (Å²) in [4.78, 5) is 0. The van der Waals surface area contributed by atoms with E-state index in [2.05, 4.69) is 27.7 Å². The molecule has 0 saturated carbocycles. The number of hydrogen-bond acceptors (Lipinski definition) is 1. The Bertz CT molecular complexity index is 96.0. The number of methoxy groups -OCH3 is 1. The summed E-state index contributed by atoms with van der Waals surface area (Å²) in [5, 5.41) is 0. The predicted octanol–water partition coefficient (Wildman–Crippen LogP) is 3.00. The maximum absolute atomic E-state index is 5.31. The van der Waals surface area contributed by atoms with E-state index in [1.54, 1.807) is 0 Å². The molecule has 74 valence electrons. The molecule has 0 rings (SSSR count). The highest BCUT2D eigenvalue weighted by Gasteiger charge is 2.22. The Balaban J connectivity index is 4.01. The van der Waals surface area contributed by atoms with Crippen molar-refractivity contribution in [3.05, 3.63) is 0 Å². The van der Waals surface area contributed by atoms with Crippen LogP contribution in [0.4, 0.5) is 0 Å². The molecule has 0 saturated heterocycles. The normalized spacial score (nSPS) is 18.8. The molecular formula is C10H24OSi. The van der Waals surface area contributed by atoms with E-state index < -0.39 is 8.80 Å². The van der Waals surface area contributed by atoms with Crippen LogP contribution in [0.15, 0.2) is 0 Å². The fourth-order valence-electron chi connectivity index (χ4n) is 1.69. The van der Waals surface area contributed by atoms with Crippen LogP contribution in [0.5, 0.6) is 0 Å². The average Bonchev–Trinajstić information content (AvgIpc) is 2.11. The highest BCUT2D eigenvalue weighted by molar-refractivity contribution is 6.61. The van der Waals surface area contributed by atoms with Crippen LogP contribution in [-0.4, -0.2) is 22.1 Å². The SMILES string of the molecule is CCC(C)[SiH](COC)C(C)CC. The van der Waals surface area contributed by atoms with Gasteiger partial charge in [-0.15, -0.1) is 0 Å². The molecule has 0 aliphatic carbocycles. The molecule has 1 nitrogen and oxygen atoms in total. The van der Waals surface area contributed by atoms with Crippen molar-refractivity contribution < 1.29 is 4.74 Å². The van der Waals surface area contributed by atoms with E-state index in [0.717, 1.165) is 17.3 Å². The topological polar surface area (TPSA) is 9.23 Å². The quantitative estimate of drug-likeness (QED) is 0.582. The minimum Gasteiger partial charge on any atom is -0.388 e. The van der Waals surface area contributed by atoms with Gasteiger partial charge in [-0.05, 0) is 11.1 Å². The summed E-state index contributed by atoms with van der Waals surface area (Å²) in [5.41, 5.74) is 1.86. The van der Waals surface area contributed by atoms with Crippen LogP contribution in [0.25, 0.3) is 0 Å². The lowest BCUT2D eigenvalue weighted by molar-refractivity contribution is 0.245. The molecule has 0 N–H and O–H groups in total. The monoisotopic (exact) mass is 188 g/mol. The van der Waals surface area contributed by atoms with Crippen LogP contribution in [0.2, 0.25) is 11.1 Å². The molecule has 0 radical (unpaired) electrons. The minimum atomic E-state index is -0.644. The van der Waals surface area contributed by atoms with Gasteiger partial charge in [0.15, 0.2) is 0 Å². The van der Waals surface area contributed by atoms with Gasteiger partial charge in [0.2, 0.25) is 0 Å². The number of rotatable bonds is 6. The molecule has 0 amide bonds. The Labute approximate surface area is 79.1 Å². The number of hydrogen-bond donors (Lipinski definition) is 0. The van der Waals surface area contributed by atoms with Crippen molar-refractivity contribution >= 4 is 8.80 Å². The summed E-state index contributed by atoms with van der Waals surface area (Å²) in [6, 6.07) is 0. The Morgan fingerprint density at radius 3 is 1.75 bits per heavy atom. The van der Waals surface area contributed by atoms with Crippen molar-refractivity contribution in [2.24, 2.45) is 0 Å². The van der Waals surface area contributed by atoms with Gasteiger partial charge < -0.3 is 4.74 Å². The molecule has 0 aromatic heterocycles. The summed E-state index contributed by atoms with van der Waals surface area (Å²) < 4.78 is 5.31. The van der Waals surface area contributed by atoms with Crippen molar-refractivity contribution in [1.29, 1.82) is 0 Å². The third-order valence-corrected chi connectivity index (χ3v) is 7.69. The van der Waals surface area contributed by atoms with E-state index in [1.165, 1.54) is 12.8 Å². The van der Waals surface area contributed by atoms with Crippen LogP contribution in [-0.2, 0) is 4.74 Å². The van der Waals surface area contributed by atoms with E-state index in [9.17, 15) is 0 Å². The van der Waals surface area contributed by atoms with Crippen LogP contribution < -0.4 is 0 Å². The molecule has 2 heteroatoms. The predicted molar refractivity (Wildman–Crippen MR) is 58.5 cm³/mol. The van der Waals surface area contributed by atoms with Crippen LogP contribution >= 0.6 is 0 Å². The second-order valence-electron chi connectivity index (χ2n) is 3.89. The van der Waals surface area contributed by atoms with Gasteiger partial charge >= 0.3 is 0 Å². The maximum Gasteiger partial charge on any atom is 0.0733 e. The van der Waals surface area contributed by atoms with Crippen molar-refractivity contribution in [3.8, 4) is 0 Å². The highest BCUT2D eigenvalue weighted by Crippen LogP contribution is 2.26. The molecule has 0 heterocycles. The Morgan fingerprint density at radius 2 is 1.50 bits per heavy atom. The van der Waals surface area contributed by atoms with Gasteiger partial charge in [0.05, 0.1) is 8.80 Å². The molecule has 0 aliphatic rings. The lowest BCUT2D eigenvalue weighted by Gasteiger charge is -2.25. The molecule has 2 unspecified atom stereocenters. The van der Waals surface area contributed by atoms with Gasteiger partial charge in [-0.2, -0.15) is 0 Å². The fraction of sp³-hybridized carbons (Fsp3) is 1.00. The first-order chi connectivity index (χ1) is 5.67.